The van der Waals surface area contributed by atoms with Crippen LogP contribution in [-0.2, 0) is 4.74 Å². The van der Waals surface area contributed by atoms with Gasteiger partial charge in [-0.3, -0.25) is 0 Å². The number of hydrogen-bond donors (Lipinski definition) is 0. The number of alkyl halides is 1. The van der Waals surface area contributed by atoms with Gasteiger partial charge in [0.05, 0.1) is 13.1 Å². The highest BCUT2D eigenvalue weighted by Crippen LogP contribution is 2.01. The fourth-order valence-electron chi connectivity index (χ4n) is 0.731. The summed E-state index contributed by atoms with van der Waals surface area (Å²) in [6.45, 7) is 0.607. The predicted molar refractivity (Wildman–Crippen MR) is 28.9 cm³/mol. The van der Waals surface area contributed by atoms with Crippen molar-refractivity contribution >= 4 is 6.09 Å². The molecule has 0 aromatic rings. The molecule has 4 heteroatoms. The lowest BCUT2D eigenvalue weighted by atomic mass is 10.6. The molecule has 0 aliphatic carbocycles. The minimum Gasteiger partial charge on any atom is -0.448 e. The first-order valence-electron chi connectivity index (χ1n) is 2.82. The number of cyclic esters (lactones) is 1. The summed E-state index contributed by atoms with van der Waals surface area (Å²) >= 11 is 0. The normalized spacial score (nSPS) is 18.3. The summed E-state index contributed by atoms with van der Waals surface area (Å²) in [4.78, 5) is 11.8. The molecule has 0 radical (unpaired) electrons. The largest absolute Gasteiger partial charge is 0.448 e. The van der Waals surface area contributed by atoms with Crippen LogP contribution in [0.4, 0.5) is 9.18 Å². The molecule has 1 saturated heterocycles. The maximum Gasteiger partial charge on any atom is 0.410 e. The van der Waals surface area contributed by atoms with Gasteiger partial charge in [0.15, 0.2) is 0 Å². The average Bonchev–Trinajstić information content (AvgIpc) is 2.18. The third-order valence-corrected chi connectivity index (χ3v) is 1.20. The van der Waals surface area contributed by atoms with Crippen LogP contribution >= 0.6 is 0 Å². The maximum atomic E-state index is 11.6. The molecule has 1 fully saturated rings. The Morgan fingerprint density at radius 3 is 3.00 bits per heavy atom. The van der Waals surface area contributed by atoms with Gasteiger partial charge in [0.2, 0.25) is 0 Å². The molecule has 1 heterocycles. The van der Waals surface area contributed by atoms with Gasteiger partial charge in [-0.05, 0) is 0 Å². The van der Waals surface area contributed by atoms with Crippen LogP contribution in [0.5, 0.6) is 0 Å². The van der Waals surface area contributed by atoms with Crippen molar-refractivity contribution in [3.05, 3.63) is 0 Å². The van der Waals surface area contributed by atoms with E-state index in [1.54, 1.807) is 0 Å². The molecule has 9 heavy (non-hydrogen) atoms. The highest BCUT2D eigenvalue weighted by atomic mass is 19.1. The lowest BCUT2D eigenvalue weighted by molar-refractivity contribution is 0.156. The van der Waals surface area contributed by atoms with Crippen LogP contribution in [0.3, 0.4) is 0 Å². The quantitative estimate of drug-likeness (QED) is 0.546. The number of rotatable bonds is 2. The Morgan fingerprint density at radius 1 is 1.78 bits per heavy atom. The number of halogens is 1. The molecule has 1 amide bonds. The number of amides is 1. The second-order valence-electron chi connectivity index (χ2n) is 1.79. The van der Waals surface area contributed by atoms with Gasteiger partial charge in [-0.2, -0.15) is 0 Å². The zero-order chi connectivity index (χ0) is 6.69. The number of carbonyl (C=O) groups excluding carboxylic acids is 1. The van der Waals surface area contributed by atoms with E-state index in [-0.39, 0.29) is 6.54 Å². The Morgan fingerprint density at radius 2 is 2.56 bits per heavy atom. The van der Waals surface area contributed by atoms with E-state index in [9.17, 15) is 9.18 Å². The summed E-state index contributed by atoms with van der Waals surface area (Å²) in [5.74, 6) is 0. The van der Waals surface area contributed by atoms with E-state index in [1.165, 1.54) is 4.90 Å². The Kier molecular flexibility index (Phi) is 1.87. The van der Waals surface area contributed by atoms with Crippen LogP contribution in [0, 0.1) is 0 Å². The van der Waals surface area contributed by atoms with Gasteiger partial charge >= 0.3 is 6.09 Å². The molecular weight excluding hydrogens is 125 g/mol. The minimum absolute atomic E-state index is 0.166. The third kappa shape index (κ3) is 1.31. The van der Waals surface area contributed by atoms with E-state index in [1.807, 2.05) is 0 Å². The number of carbonyl (C=O) groups is 1. The van der Waals surface area contributed by atoms with Gasteiger partial charge in [-0.1, -0.05) is 0 Å². The Bertz CT molecular complexity index is 118. The summed E-state index contributed by atoms with van der Waals surface area (Å²) < 4.78 is 16.1. The molecule has 1 rings (SSSR count). The van der Waals surface area contributed by atoms with Crippen molar-refractivity contribution in [3.63, 3.8) is 0 Å². The molecule has 0 bridgehead atoms. The lowest BCUT2D eigenvalue weighted by Crippen LogP contribution is -2.26. The van der Waals surface area contributed by atoms with E-state index >= 15 is 0 Å². The van der Waals surface area contributed by atoms with E-state index in [0.29, 0.717) is 13.2 Å². The van der Waals surface area contributed by atoms with Gasteiger partial charge in [-0.15, -0.1) is 0 Å². The van der Waals surface area contributed by atoms with E-state index < -0.39 is 12.8 Å². The first-order valence-corrected chi connectivity index (χ1v) is 2.82. The van der Waals surface area contributed by atoms with Crippen LogP contribution < -0.4 is 0 Å². The second-order valence-corrected chi connectivity index (χ2v) is 1.79. The average molecular weight is 133 g/mol. The molecule has 52 valence electrons. The van der Waals surface area contributed by atoms with Crippen molar-refractivity contribution < 1.29 is 13.9 Å². The molecule has 0 atom stereocenters. The fourth-order valence-corrected chi connectivity index (χ4v) is 0.731. The first kappa shape index (κ1) is 6.32. The van der Waals surface area contributed by atoms with Crippen molar-refractivity contribution in [2.24, 2.45) is 0 Å². The molecule has 0 aromatic heterocycles. The van der Waals surface area contributed by atoms with Crippen molar-refractivity contribution in [1.82, 2.24) is 4.90 Å². The van der Waals surface area contributed by atoms with Gasteiger partial charge in [0, 0.05) is 0 Å². The molecule has 0 spiro atoms. The topological polar surface area (TPSA) is 29.5 Å². The number of nitrogens with zero attached hydrogens (tertiary/aromatic N) is 1. The van der Waals surface area contributed by atoms with Crippen LogP contribution in [0.2, 0.25) is 0 Å². The molecule has 0 unspecified atom stereocenters. The summed E-state index contributed by atoms with van der Waals surface area (Å²) in [6.07, 6.45) is -0.396. The molecule has 0 aromatic carbocycles. The fraction of sp³-hybridized carbons (Fsp3) is 0.800. The van der Waals surface area contributed by atoms with E-state index in [4.69, 9.17) is 0 Å². The standard InChI is InChI=1S/C5H8FNO2/c6-1-2-7-3-4-9-5(7)8/h1-4H2. The second kappa shape index (κ2) is 2.66. The minimum atomic E-state index is -0.491. The molecule has 0 N–H and O–H groups in total. The summed E-state index contributed by atoms with van der Waals surface area (Å²) in [5, 5.41) is 0. The van der Waals surface area contributed by atoms with Crippen LogP contribution in [-0.4, -0.2) is 37.4 Å². The monoisotopic (exact) mass is 133 g/mol. The van der Waals surface area contributed by atoms with Crippen molar-refractivity contribution in [1.29, 1.82) is 0 Å². The molecule has 3 nitrogen and oxygen atoms in total. The predicted octanol–water partition coefficient (Wildman–Crippen LogP) is 0.408. The molecular formula is C5H8FNO2. The highest BCUT2D eigenvalue weighted by molar-refractivity contribution is 5.69. The van der Waals surface area contributed by atoms with Crippen molar-refractivity contribution in [2.75, 3.05) is 26.4 Å². The maximum absolute atomic E-state index is 11.6. The van der Waals surface area contributed by atoms with Crippen LogP contribution in [0.1, 0.15) is 0 Å². The Labute approximate surface area is 52.4 Å². The van der Waals surface area contributed by atoms with Crippen LogP contribution in [0.25, 0.3) is 0 Å². The number of ether oxygens (including phenoxy) is 1. The number of hydrogen-bond acceptors (Lipinski definition) is 2. The zero-order valence-electron chi connectivity index (χ0n) is 4.97. The highest BCUT2D eigenvalue weighted by Gasteiger charge is 2.20. The summed E-state index contributed by atoms with van der Waals surface area (Å²) in [6, 6.07) is 0. The third-order valence-electron chi connectivity index (χ3n) is 1.20. The molecule has 1 aliphatic rings. The summed E-state index contributed by atoms with van der Waals surface area (Å²) in [7, 11) is 0. The Hall–Kier alpha value is -0.800. The van der Waals surface area contributed by atoms with Crippen LogP contribution in [0.15, 0.2) is 0 Å². The smallest absolute Gasteiger partial charge is 0.410 e. The van der Waals surface area contributed by atoms with E-state index in [2.05, 4.69) is 4.74 Å². The van der Waals surface area contributed by atoms with E-state index in [0.717, 1.165) is 0 Å². The molecule has 0 saturated carbocycles. The van der Waals surface area contributed by atoms with Gasteiger partial charge in [0.25, 0.3) is 0 Å². The first-order chi connectivity index (χ1) is 4.34. The SMILES string of the molecule is O=C1OCCN1CCF. The Balaban J connectivity index is 2.31. The van der Waals surface area contributed by atoms with Crippen molar-refractivity contribution in [3.8, 4) is 0 Å². The summed E-state index contributed by atoms with van der Waals surface area (Å²) in [5.41, 5.74) is 0. The van der Waals surface area contributed by atoms with Gasteiger partial charge in [-0.25, -0.2) is 9.18 Å². The zero-order valence-corrected chi connectivity index (χ0v) is 4.97. The van der Waals surface area contributed by atoms with Gasteiger partial charge in [0.1, 0.15) is 13.3 Å². The molecule has 1 aliphatic heterocycles. The van der Waals surface area contributed by atoms with Crippen molar-refractivity contribution in [2.45, 2.75) is 0 Å². The lowest BCUT2D eigenvalue weighted by Gasteiger charge is -2.07. The van der Waals surface area contributed by atoms with Gasteiger partial charge < -0.3 is 9.64 Å².